The lowest BCUT2D eigenvalue weighted by Gasteiger charge is -1.98. The molecule has 0 aromatic heterocycles. The van der Waals surface area contributed by atoms with E-state index in [-0.39, 0.29) is 0 Å². The Morgan fingerprint density at radius 3 is 2.00 bits per heavy atom. The van der Waals surface area contributed by atoms with Gasteiger partial charge in [-0.1, -0.05) is 30.3 Å². The number of fused-ring (bicyclic) bond motifs is 1. The molecule has 0 aliphatic heterocycles. The molecule has 0 aliphatic carbocycles. The van der Waals surface area contributed by atoms with Crippen LogP contribution in [0.1, 0.15) is 0 Å². The molecular weight excluding hydrogens is 228 g/mol. The second kappa shape index (κ2) is 8.44. The van der Waals surface area contributed by atoms with E-state index in [1.165, 1.54) is 5.39 Å². The third-order valence-corrected chi connectivity index (χ3v) is 1.99. The topological polar surface area (TPSA) is 43.4 Å². The van der Waals surface area contributed by atoms with Crippen LogP contribution in [0, 0.1) is 0 Å². The summed E-state index contributed by atoms with van der Waals surface area (Å²) in [5.74, 6) is 0.676. The van der Waals surface area contributed by atoms with Crippen LogP contribution in [0.5, 0.6) is 5.75 Å². The van der Waals surface area contributed by atoms with E-state index in [9.17, 15) is 0 Å². The van der Waals surface area contributed by atoms with Crippen molar-refractivity contribution in [3.8, 4) is 5.75 Å². The van der Waals surface area contributed by atoms with Gasteiger partial charge < -0.3 is 13.9 Å². The summed E-state index contributed by atoms with van der Waals surface area (Å²) in [5, 5.41) is 2.32. The number of benzene rings is 2. The molecular formula is C12H11ClO3. The molecule has 0 N–H and O–H groups in total. The van der Waals surface area contributed by atoms with Crippen LogP contribution in [0.25, 0.3) is 10.8 Å². The fraction of sp³-hybridized carbons (Fsp3) is 0. The van der Waals surface area contributed by atoms with Crippen molar-refractivity contribution >= 4 is 36.2 Å². The smallest absolute Gasteiger partial charge is 0.146 e. The van der Waals surface area contributed by atoms with Crippen molar-refractivity contribution in [3.05, 3.63) is 42.5 Å². The maximum atomic E-state index is 8.00. The average Bonchev–Trinajstić information content (AvgIpc) is 2.42. The number of hydrogen-bond acceptors (Lipinski definition) is 3. The highest BCUT2D eigenvalue weighted by Crippen LogP contribution is 2.20. The molecule has 0 amide bonds. The minimum atomic E-state index is 0.676. The summed E-state index contributed by atoms with van der Waals surface area (Å²) >= 11 is 5.23. The van der Waals surface area contributed by atoms with Crippen LogP contribution >= 0.6 is 11.9 Å². The van der Waals surface area contributed by atoms with Crippen molar-refractivity contribution in [1.29, 1.82) is 0 Å². The Morgan fingerprint density at radius 2 is 1.44 bits per heavy atom. The highest BCUT2D eigenvalue weighted by molar-refractivity contribution is 6.09. The van der Waals surface area contributed by atoms with E-state index in [2.05, 4.69) is 4.29 Å². The summed E-state index contributed by atoms with van der Waals surface area (Å²) in [7, 11) is 0. The largest absolute Gasteiger partial charge is 0.386 e. The first-order valence-electron chi connectivity index (χ1n) is 4.25. The Hall–Kier alpha value is -1.87. The summed E-state index contributed by atoms with van der Waals surface area (Å²) < 4.78 is 4.59. The summed E-state index contributed by atoms with van der Waals surface area (Å²) in [5.41, 5.74) is 0. The summed E-state index contributed by atoms with van der Waals surface area (Å²) in [6.07, 6.45) is 0. The van der Waals surface area contributed by atoms with Gasteiger partial charge in [0, 0.05) is 0 Å². The van der Waals surface area contributed by atoms with E-state index in [1.54, 1.807) is 0 Å². The predicted molar refractivity (Wildman–Crippen MR) is 64.7 cm³/mol. The van der Waals surface area contributed by atoms with Crippen molar-refractivity contribution < 1.29 is 13.9 Å². The average molecular weight is 239 g/mol. The Balaban J connectivity index is 0.000000509. The summed E-state index contributed by atoms with van der Waals surface area (Å²) in [6.45, 7) is 4.00. The molecule has 0 fully saturated rings. The molecule has 84 valence electrons. The molecule has 3 nitrogen and oxygen atoms in total. The highest BCUT2D eigenvalue weighted by atomic mass is 35.5. The fourth-order valence-electron chi connectivity index (χ4n) is 1.22. The maximum Gasteiger partial charge on any atom is 0.146 e. The monoisotopic (exact) mass is 238 g/mol. The summed E-state index contributed by atoms with van der Waals surface area (Å²) in [4.78, 5) is 16.0. The third-order valence-electron chi connectivity index (χ3n) is 1.81. The Morgan fingerprint density at radius 1 is 0.875 bits per heavy atom. The van der Waals surface area contributed by atoms with Crippen molar-refractivity contribution in [3.63, 3.8) is 0 Å². The molecule has 0 saturated carbocycles. The Labute approximate surface area is 98.8 Å². The minimum Gasteiger partial charge on any atom is -0.386 e. The Bertz CT molecular complexity index is 429. The molecule has 16 heavy (non-hydrogen) atoms. The van der Waals surface area contributed by atoms with E-state index >= 15 is 0 Å². The number of rotatable bonds is 1. The molecule has 0 unspecified atom stereocenters. The fourth-order valence-corrected chi connectivity index (χ4v) is 1.31. The van der Waals surface area contributed by atoms with Gasteiger partial charge in [0.25, 0.3) is 0 Å². The first kappa shape index (κ1) is 14.1. The lowest BCUT2D eigenvalue weighted by molar-refractivity contribution is -0.0987. The van der Waals surface area contributed by atoms with Gasteiger partial charge in [-0.3, -0.25) is 0 Å². The molecule has 2 aromatic carbocycles. The lowest BCUT2D eigenvalue weighted by atomic mass is 10.1. The zero-order chi connectivity index (χ0) is 12.4. The molecule has 0 saturated heterocycles. The van der Waals surface area contributed by atoms with Gasteiger partial charge in [0.05, 0.1) is 0 Å². The number of carbonyl (C=O) groups excluding carboxylic acids is 2. The van der Waals surface area contributed by atoms with E-state index in [0.29, 0.717) is 5.75 Å². The van der Waals surface area contributed by atoms with Crippen molar-refractivity contribution in [1.82, 2.24) is 0 Å². The van der Waals surface area contributed by atoms with E-state index in [0.717, 1.165) is 5.39 Å². The summed E-state index contributed by atoms with van der Waals surface area (Å²) in [6, 6.07) is 13.8. The zero-order valence-electron chi connectivity index (χ0n) is 8.56. The molecule has 2 aromatic rings. The normalized spacial score (nSPS) is 8.06. The quantitative estimate of drug-likeness (QED) is 0.767. The van der Waals surface area contributed by atoms with E-state index < -0.39 is 0 Å². The van der Waals surface area contributed by atoms with Gasteiger partial charge in [-0.25, -0.2) is 0 Å². The molecule has 0 aliphatic rings. The molecule has 0 bridgehead atoms. The minimum absolute atomic E-state index is 0.676. The Kier molecular flexibility index (Phi) is 7.45. The van der Waals surface area contributed by atoms with Gasteiger partial charge in [-0.2, -0.15) is 0 Å². The number of halogens is 1. The maximum absolute atomic E-state index is 8.00. The van der Waals surface area contributed by atoms with Crippen LogP contribution in [-0.4, -0.2) is 13.6 Å². The number of carbonyl (C=O) groups is 2. The van der Waals surface area contributed by atoms with Gasteiger partial charge in [-0.15, -0.1) is 0 Å². The predicted octanol–water partition coefficient (Wildman–Crippen LogP) is 3.00. The lowest BCUT2D eigenvalue weighted by Crippen LogP contribution is -1.75. The molecule has 0 atom stereocenters. The molecule has 0 radical (unpaired) electrons. The molecule has 2 rings (SSSR count). The second-order valence-electron chi connectivity index (χ2n) is 2.59. The second-order valence-corrected chi connectivity index (χ2v) is 2.74. The zero-order valence-corrected chi connectivity index (χ0v) is 9.31. The van der Waals surface area contributed by atoms with Crippen molar-refractivity contribution in [2.24, 2.45) is 0 Å². The van der Waals surface area contributed by atoms with Crippen LogP contribution < -0.4 is 4.29 Å². The van der Waals surface area contributed by atoms with Crippen LogP contribution in [0.4, 0.5) is 0 Å². The molecule has 0 heterocycles. The van der Waals surface area contributed by atoms with Crippen LogP contribution in [0.3, 0.4) is 0 Å². The number of hydrogen-bond donors (Lipinski definition) is 0. The molecule has 0 spiro atoms. The van der Waals surface area contributed by atoms with Gasteiger partial charge in [0.15, 0.2) is 0 Å². The van der Waals surface area contributed by atoms with Crippen LogP contribution in [-0.2, 0) is 9.59 Å². The van der Waals surface area contributed by atoms with Crippen molar-refractivity contribution in [2.45, 2.75) is 0 Å². The third kappa shape index (κ3) is 3.71. The highest BCUT2D eigenvalue weighted by Gasteiger charge is 1.94. The van der Waals surface area contributed by atoms with E-state index in [1.807, 2.05) is 56.0 Å². The first-order chi connectivity index (χ1) is 7.90. The van der Waals surface area contributed by atoms with Gasteiger partial charge in [-0.05, 0) is 22.9 Å². The van der Waals surface area contributed by atoms with E-state index in [4.69, 9.17) is 21.5 Å². The SMILES string of the molecule is C=O.C=O.ClOc1ccc2ccccc2c1. The molecule has 4 heteroatoms. The standard InChI is InChI=1S/C10H7ClO.2CH2O/c11-12-10-6-5-8-3-1-2-4-9(8)7-10;2*1-2/h1-7H;2*1H2. The first-order valence-corrected chi connectivity index (χ1v) is 4.56. The van der Waals surface area contributed by atoms with Gasteiger partial charge in [0.1, 0.15) is 31.2 Å². The van der Waals surface area contributed by atoms with Crippen LogP contribution in [0.2, 0.25) is 0 Å². The van der Waals surface area contributed by atoms with Crippen LogP contribution in [0.15, 0.2) is 42.5 Å². The van der Waals surface area contributed by atoms with Gasteiger partial charge >= 0.3 is 0 Å². The van der Waals surface area contributed by atoms with Gasteiger partial charge in [0.2, 0.25) is 0 Å². The van der Waals surface area contributed by atoms with Crippen molar-refractivity contribution in [2.75, 3.05) is 0 Å².